The van der Waals surface area contributed by atoms with Gasteiger partial charge in [-0.1, -0.05) is 12.1 Å². The van der Waals surface area contributed by atoms with Crippen molar-refractivity contribution in [3.05, 3.63) is 59.6 Å². The van der Waals surface area contributed by atoms with Gasteiger partial charge in [0.05, 0.1) is 4.90 Å². The number of thiophene rings is 1. The van der Waals surface area contributed by atoms with Gasteiger partial charge in [-0.05, 0) is 51.7 Å². The second kappa shape index (κ2) is 6.35. The zero-order chi connectivity index (χ0) is 18.3. The molecule has 0 amide bonds. The minimum atomic E-state index is -3.43. The minimum Gasteiger partial charge on any atom is -0.345 e. The molecule has 0 saturated carbocycles. The smallest absolute Gasteiger partial charge is 0.242 e. The summed E-state index contributed by atoms with van der Waals surface area (Å²) in [7, 11) is -0.375. The Bertz CT molecular complexity index is 1160. The van der Waals surface area contributed by atoms with Crippen molar-refractivity contribution >= 4 is 32.4 Å². The summed E-state index contributed by atoms with van der Waals surface area (Å²) in [5, 5.41) is 5.20. The predicted molar refractivity (Wildman–Crippen MR) is 106 cm³/mol. The zero-order valence-electron chi connectivity index (χ0n) is 14.3. The number of sulfonamides is 1. The molecule has 3 aromatic heterocycles. The average molecular weight is 383 g/mol. The van der Waals surface area contributed by atoms with Crippen molar-refractivity contribution in [3.63, 3.8) is 0 Å². The summed E-state index contributed by atoms with van der Waals surface area (Å²) < 4.78 is 25.7. The summed E-state index contributed by atoms with van der Waals surface area (Å²) in [6.07, 6.45) is 3.71. The molecule has 4 rings (SSSR count). The molecule has 0 saturated heterocycles. The van der Waals surface area contributed by atoms with Crippen LogP contribution in [0.5, 0.6) is 0 Å². The molecule has 7 heteroatoms. The van der Waals surface area contributed by atoms with Crippen LogP contribution in [-0.2, 0) is 10.0 Å². The van der Waals surface area contributed by atoms with Crippen LogP contribution in [-0.4, -0.2) is 36.8 Å². The monoisotopic (exact) mass is 383 g/mol. The van der Waals surface area contributed by atoms with E-state index in [1.807, 2.05) is 24.4 Å². The van der Waals surface area contributed by atoms with Crippen LogP contribution in [0.1, 0.15) is 0 Å². The highest BCUT2D eigenvalue weighted by Crippen LogP contribution is 2.36. The zero-order valence-corrected chi connectivity index (χ0v) is 15.9. The van der Waals surface area contributed by atoms with Gasteiger partial charge >= 0.3 is 0 Å². The third kappa shape index (κ3) is 2.74. The van der Waals surface area contributed by atoms with Gasteiger partial charge in [-0.25, -0.2) is 17.7 Å². The van der Waals surface area contributed by atoms with Crippen LogP contribution in [0, 0.1) is 0 Å². The topological polar surface area (TPSA) is 66.1 Å². The molecule has 0 bridgehead atoms. The normalized spacial score (nSPS) is 12.1. The van der Waals surface area contributed by atoms with Crippen molar-refractivity contribution in [1.29, 1.82) is 0 Å². The molecule has 0 aliphatic rings. The third-order valence-electron chi connectivity index (χ3n) is 4.35. The van der Waals surface area contributed by atoms with Gasteiger partial charge < -0.3 is 4.98 Å². The van der Waals surface area contributed by atoms with E-state index >= 15 is 0 Å². The molecule has 4 aromatic rings. The van der Waals surface area contributed by atoms with Gasteiger partial charge in [-0.2, -0.15) is 11.3 Å². The number of H-pyrrole nitrogens is 1. The van der Waals surface area contributed by atoms with Crippen molar-refractivity contribution in [2.24, 2.45) is 0 Å². The fourth-order valence-corrected chi connectivity index (χ4v) is 4.52. The Balaban J connectivity index is 1.86. The molecule has 5 nitrogen and oxygen atoms in total. The fourth-order valence-electron chi connectivity index (χ4n) is 2.96. The van der Waals surface area contributed by atoms with E-state index in [0.717, 1.165) is 33.3 Å². The molecular weight excluding hydrogens is 366 g/mol. The number of fused-ring (bicyclic) bond motifs is 1. The molecule has 3 heterocycles. The lowest BCUT2D eigenvalue weighted by Gasteiger charge is -2.11. The summed E-state index contributed by atoms with van der Waals surface area (Å²) in [6, 6.07) is 11.1. The predicted octanol–water partition coefficient (Wildman–Crippen LogP) is 4.21. The first-order valence-electron chi connectivity index (χ1n) is 8.00. The molecule has 0 unspecified atom stereocenters. The Morgan fingerprint density at radius 1 is 1.00 bits per heavy atom. The van der Waals surface area contributed by atoms with Crippen molar-refractivity contribution in [1.82, 2.24) is 14.3 Å². The van der Waals surface area contributed by atoms with Crippen LogP contribution in [0.25, 0.3) is 33.3 Å². The first-order valence-corrected chi connectivity index (χ1v) is 10.4. The number of hydrogen-bond donors (Lipinski definition) is 1. The first kappa shape index (κ1) is 17.0. The van der Waals surface area contributed by atoms with E-state index in [4.69, 9.17) is 0 Å². The van der Waals surface area contributed by atoms with Gasteiger partial charge in [0.15, 0.2) is 0 Å². The summed E-state index contributed by atoms with van der Waals surface area (Å²) in [5.41, 5.74) is 5.02. The standard InChI is InChI=1S/C19H17N3O2S2/c1-22(2)26(23,24)15-5-3-13(4-6-15)17-11-21-19-18(17)16(7-9-20-19)14-8-10-25-12-14/h3-12H,1-2H3,(H,20,21). The third-order valence-corrected chi connectivity index (χ3v) is 6.86. The Morgan fingerprint density at radius 2 is 1.77 bits per heavy atom. The number of rotatable bonds is 4. The molecule has 1 N–H and O–H groups in total. The second-order valence-corrected chi connectivity index (χ2v) is 9.04. The van der Waals surface area contributed by atoms with E-state index in [2.05, 4.69) is 26.8 Å². The number of benzene rings is 1. The lowest BCUT2D eigenvalue weighted by Crippen LogP contribution is -2.22. The summed E-state index contributed by atoms with van der Waals surface area (Å²) in [6.45, 7) is 0. The number of nitrogens with one attached hydrogen (secondary N) is 1. The molecule has 26 heavy (non-hydrogen) atoms. The molecule has 0 fully saturated rings. The van der Waals surface area contributed by atoms with E-state index in [1.54, 1.807) is 29.7 Å². The summed E-state index contributed by atoms with van der Waals surface area (Å²) in [4.78, 5) is 7.92. The van der Waals surface area contributed by atoms with Crippen LogP contribution in [0.3, 0.4) is 0 Å². The van der Waals surface area contributed by atoms with E-state index < -0.39 is 10.0 Å². The minimum absolute atomic E-state index is 0.280. The van der Waals surface area contributed by atoms with Crippen LogP contribution in [0.4, 0.5) is 0 Å². The van der Waals surface area contributed by atoms with Crippen molar-refractivity contribution in [2.75, 3.05) is 14.1 Å². The Labute approximate surface area is 156 Å². The number of pyridine rings is 1. The van der Waals surface area contributed by atoms with Crippen LogP contribution in [0.2, 0.25) is 0 Å². The maximum Gasteiger partial charge on any atom is 0.242 e. The van der Waals surface area contributed by atoms with Gasteiger partial charge in [0.25, 0.3) is 0 Å². The molecule has 1 aromatic carbocycles. The molecule has 0 spiro atoms. The Morgan fingerprint density at radius 3 is 2.42 bits per heavy atom. The van der Waals surface area contributed by atoms with Crippen molar-refractivity contribution < 1.29 is 8.42 Å². The lowest BCUT2D eigenvalue weighted by molar-refractivity contribution is 0.521. The molecule has 0 aliphatic carbocycles. The number of hydrogen-bond acceptors (Lipinski definition) is 4. The molecular formula is C19H17N3O2S2. The highest BCUT2D eigenvalue weighted by atomic mass is 32.2. The molecule has 132 valence electrons. The van der Waals surface area contributed by atoms with E-state index in [-0.39, 0.29) is 4.90 Å². The SMILES string of the molecule is CN(C)S(=O)(=O)c1ccc(-c2c[nH]c3nccc(-c4ccsc4)c23)cc1. The number of nitrogens with zero attached hydrogens (tertiary/aromatic N) is 2. The van der Waals surface area contributed by atoms with Crippen molar-refractivity contribution in [2.45, 2.75) is 4.90 Å². The quantitative estimate of drug-likeness (QED) is 0.574. The van der Waals surface area contributed by atoms with E-state index in [0.29, 0.717) is 0 Å². The molecule has 0 radical (unpaired) electrons. The summed E-state index contributed by atoms with van der Waals surface area (Å²) in [5.74, 6) is 0. The maximum atomic E-state index is 12.3. The van der Waals surface area contributed by atoms with Gasteiger partial charge in [0, 0.05) is 37.4 Å². The van der Waals surface area contributed by atoms with Crippen LogP contribution >= 0.6 is 11.3 Å². The van der Waals surface area contributed by atoms with E-state index in [1.165, 1.54) is 18.4 Å². The molecule has 0 atom stereocenters. The Hall–Kier alpha value is -2.48. The highest BCUT2D eigenvalue weighted by Gasteiger charge is 2.18. The van der Waals surface area contributed by atoms with Crippen LogP contribution < -0.4 is 0 Å². The van der Waals surface area contributed by atoms with Crippen LogP contribution in [0.15, 0.2) is 64.4 Å². The Kier molecular flexibility index (Phi) is 4.14. The highest BCUT2D eigenvalue weighted by molar-refractivity contribution is 7.89. The fraction of sp³-hybridized carbons (Fsp3) is 0.105. The number of aromatic amines is 1. The van der Waals surface area contributed by atoms with Gasteiger partial charge in [-0.15, -0.1) is 0 Å². The molecule has 0 aliphatic heterocycles. The maximum absolute atomic E-state index is 12.3. The summed E-state index contributed by atoms with van der Waals surface area (Å²) >= 11 is 1.65. The average Bonchev–Trinajstić information content (AvgIpc) is 3.31. The van der Waals surface area contributed by atoms with Gasteiger partial charge in [0.2, 0.25) is 10.0 Å². The first-order chi connectivity index (χ1) is 12.5. The van der Waals surface area contributed by atoms with E-state index in [9.17, 15) is 8.42 Å². The number of aromatic nitrogens is 2. The van der Waals surface area contributed by atoms with Gasteiger partial charge in [-0.3, -0.25) is 0 Å². The van der Waals surface area contributed by atoms with Crippen molar-refractivity contribution in [3.8, 4) is 22.3 Å². The second-order valence-electron chi connectivity index (χ2n) is 6.11. The lowest BCUT2D eigenvalue weighted by atomic mass is 10.00. The van der Waals surface area contributed by atoms with Gasteiger partial charge in [0.1, 0.15) is 5.65 Å². The largest absolute Gasteiger partial charge is 0.345 e.